The van der Waals surface area contributed by atoms with Crippen LogP contribution in [0.25, 0.3) is 22.7 Å². The Morgan fingerprint density at radius 1 is 1.17 bits per heavy atom. The van der Waals surface area contributed by atoms with Gasteiger partial charge >= 0.3 is 0 Å². The lowest BCUT2D eigenvalue weighted by molar-refractivity contribution is 0.617. The van der Waals surface area contributed by atoms with Crippen LogP contribution < -0.4 is 0 Å². The summed E-state index contributed by atoms with van der Waals surface area (Å²) in [4.78, 5) is 9.15. The van der Waals surface area contributed by atoms with E-state index in [1.807, 2.05) is 30.3 Å². The molecule has 4 nitrogen and oxygen atoms in total. The molecular weight excluding hydrogens is 248 g/mol. The second-order valence-corrected chi connectivity index (χ2v) is 5.14. The van der Waals surface area contributed by atoms with Crippen LogP contribution in [0, 0.1) is 0 Å². The summed E-state index contributed by atoms with van der Waals surface area (Å²) >= 11 is 0. The van der Waals surface area contributed by atoms with Gasteiger partial charge in [0.25, 0.3) is 0 Å². The molecule has 0 fully saturated rings. The zero-order valence-corrected chi connectivity index (χ0v) is 10.5. The number of pyridine rings is 1. The Bertz CT molecular complexity index is 703. The first-order valence-corrected chi connectivity index (χ1v) is 6.96. The molecule has 2 aromatic heterocycles. The van der Waals surface area contributed by atoms with Crippen LogP contribution in [-0.4, -0.2) is 20.4 Å². The molecule has 0 spiro atoms. The maximum absolute atomic E-state index is 11.7. The summed E-state index contributed by atoms with van der Waals surface area (Å²) in [6.07, 6.45) is 3.30. The monoisotopic (exact) mass is 258 g/mol. The molecular formula is C13H10N2O2S. The van der Waals surface area contributed by atoms with Gasteiger partial charge in [0.2, 0.25) is 5.89 Å². The number of benzene rings is 1. The number of hydrogen-bond donors (Lipinski definition) is 0. The van der Waals surface area contributed by atoms with E-state index in [0.717, 1.165) is 5.56 Å². The molecule has 3 aromatic rings. The fourth-order valence-electron chi connectivity index (χ4n) is 1.78. The molecule has 0 saturated carbocycles. The molecule has 2 heterocycles. The number of hydrogen-bond acceptors (Lipinski definition) is 4. The molecule has 5 heteroatoms. The number of rotatable bonds is 2. The number of fused-ring (bicyclic) bond motifs is 1. The molecule has 0 radical (unpaired) electrons. The second-order valence-electron chi connectivity index (χ2n) is 3.79. The minimum atomic E-state index is -1.08. The van der Waals surface area contributed by atoms with Gasteiger partial charge in [0.05, 0.1) is 21.3 Å². The van der Waals surface area contributed by atoms with Crippen molar-refractivity contribution in [2.24, 2.45) is 0 Å². The van der Waals surface area contributed by atoms with Crippen LogP contribution >= 0.6 is 0 Å². The van der Waals surface area contributed by atoms with Gasteiger partial charge in [0.1, 0.15) is 0 Å². The Labute approximate surface area is 106 Å². The van der Waals surface area contributed by atoms with Gasteiger partial charge in [-0.1, -0.05) is 12.1 Å². The molecule has 18 heavy (non-hydrogen) atoms. The average molecular weight is 258 g/mol. The lowest BCUT2D eigenvalue weighted by atomic mass is 10.2. The second kappa shape index (κ2) is 4.34. The van der Waals surface area contributed by atoms with Crippen molar-refractivity contribution in [1.29, 1.82) is 0 Å². The van der Waals surface area contributed by atoms with E-state index in [1.54, 1.807) is 18.5 Å². The van der Waals surface area contributed by atoms with Crippen molar-refractivity contribution in [2.75, 3.05) is 6.26 Å². The van der Waals surface area contributed by atoms with Crippen molar-refractivity contribution < 1.29 is 8.63 Å². The van der Waals surface area contributed by atoms with Crippen LogP contribution in [0.4, 0.5) is 0 Å². The Morgan fingerprint density at radius 3 is 2.78 bits per heavy atom. The van der Waals surface area contributed by atoms with Gasteiger partial charge in [-0.15, -0.1) is 0 Å². The van der Waals surface area contributed by atoms with Crippen molar-refractivity contribution in [3.8, 4) is 11.5 Å². The SMILES string of the molecule is CS(=O)c1ccccc1-c1nc2ncccc2o1. The van der Waals surface area contributed by atoms with E-state index in [1.165, 1.54) is 0 Å². The average Bonchev–Trinajstić information content (AvgIpc) is 2.82. The predicted molar refractivity (Wildman–Crippen MR) is 69.6 cm³/mol. The largest absolute Gasteiger partial charge is 0.434 e. The summed E-state index contributed by atoms with van der Waals surface area (Å²) in [6, 6.07) is 11.0. The summed E-state index contributed by atoms with van der Waals surface area (Å²) in [5, 5.41) is 0. The van der Waals surface area contributed by atoms with Gasteiger partial charge in [-0.3, -0.25) is 4.21 Å². The van der Waals surface area contributed by atoms with E-state index in [9.17, 15) is 4.21 Å². The molecule has 0 aliphatic heterocycles. The highest BCUT2D eigenvalue weighted by Crippen LogP contribution is 2.27. The quantitative estimate of drug-likeness (QED) is 0.709. The summed E-state index contributed by atoms with van der Waals surface area (Å²) in [6.45, 7) is 0. The molecule has 0 amide bonds. The van der Waals surface area contributed by atoms with E-state index in [2.05, 4.69) is 9.97 Å². The number of aromatic nitrogens is 2. The lowest BCUT2D eigenvalue weighted by Gasteiger charge is -2.01. The Balaban J connectivity index is 2.23. The standard InChI is InChI=1S/C13H10N2O2S/c1-18(16)11-7-3-2-5-9(11)13-15-12-10(17-13)6-4-8-14-12/h2-8H,1H3. The maximum Gasteiger partial charge on any atom is 0.230 e. The highest BCUT2D eigenvalue weighted by Gasteiger charge is 2.13. The normalized spacial score (nSPS) is 12.7. The summed E-state index contributed by atoms with van der Waals surface area (Å²) in [5.41, 5.74) is 1.93. The molecule has 1 aromatic carbocycles. The van der Waals surface area contributed by atoms with Crippen molar-refractivity contribution >= 4 is 22.0 Å². The van der Waals surface area contributed by atoms with E-state index >= 15 is 0 Å². The van der Waals surface area contributed by atoms with Gasteiger partial charge in [0.15, 0.2) is 11.2 Å². The first-order valence-electron chi connectivity index (χ1n) is 5.40. The molecule has 0 saturated heterocycles. The Morgan fingerprint density at radius 2 is 2.00 bits per heavy atom. The van der Waals surface area contributed by atoms with Crippen LogP contribution in [0.5, 0.6) is 0 Å². The van der Waals surface area contributed by atoms with Gasteiger partial charge in [-0.25, -0.2) is 4.98 Å². The van der Waals surface area contributed by atoms with E-state index in [0.29, 0.717) is 22.0 Å². The Kier molecular flexibility index (Phi) is 2.68. The van der Waals surface area contributed by atoms with Crippen molar-refractivity contribution in [2.45, 2.75) is 4.90 Å². The maximum atomic E-state index is 11.7. The minimum Gasteiger partial charge on any atom is -0.434 e. The first-order chi connectivity index (χ1) is 8.75. The highest BCUT2D eigenvalue weighted by atomic mass is 32.2. The molecule has 1 atom stereocenters. The van der Waals surface area contributed by atoms with Crippen LogP contribution in [0.1, 0.15) is 0 Å². The molecule has 90 valence electrons. The van der Waals surface area contributed by atoms with Gasteiger partial charge in [0, 0.05) is 12.5 Å². The summed E-state index contributed by atoms with van der Waals surface area (Å²) in [5.74, 6) is 0.453. The van der Waals surface area contributed by atoms with Gasteiger partial charge < -0.3 is 4.42 Å². The van der Waals surface area contributed by atoms with Crippen molar-refractivity contribution in [1.82, 2.24) is 9.97 Å². The fraction of sp³-hybridized carbons (Fsp3) is 0.0769. The molecule has 0 bridgehead atoms. The topological polar surface area (TPSA) is 56.0 Å². The lowest BCUT2D eigenvalue weighted by Crippen LogP contribution is -1.91. The van der Waals surface area contributed by atoms with Gasteiger partial charge in [-0.2, -0.15) is 4.98 Å². The predicted octanol–water partition coefficient (Wildman–Crippen LogP) is 2.63. The molecule has 0 N–H and O–H groups in total. The van der Waals surface area contributed by atoms with Gasteiger partial charge in [-0.05, 0) is 24.3 Å². The van der Waals surface area contributed by atoms with E-state index < -0.39 is 10.8 Å². The van der Waals surface area contributed by atoms with E-state index in [4.69, 9.17) is 4.42 Å². The van der Waals surface area contributed by atoms with Crippen molar-refractivity contribution in [3.63, 3.8) is 0 Å². The Hall–Kier alpha value is -2.01. The van der Waals surface area contributed by atoms with Crippen LogP contribution in [0.2, 0.25) is 0 Å². The van der Waals surface area contributed by atoms with Crippen LogP contribution in [0.15, 0.2) is 51.9 Å². The zero-order valence-electron chi connectivity index (χ0n) is 9.66. The van der Waals surface area contributed by atoms with Crippen molar-refractivity contribution in [3.05, 3.63) is 42.6 Å². The number of nitrogens with zero attached hydrogens (tertiary/aromatic N) is 2. The van der Waals surface area contributed by atoms with E-state index in [-0.39, 0.29) is 0 Å². The zero-order chi connectivity index (χ0) is 12.5. The molecule has 0 aliphatic rings. The minimum absolute atomic E-state index is 0.453. The van der Waals surface area contributed by atoms with Crippen LogP contribution in [-0.2, 0) is 10.8 Å². The molecule has 0 aliphatic carbocycles. The molecule has 3 rings (SSSR count). The fourth-order valence-corrected chi connectivity index (χ4v) is 2.51. The smallest absolute Gasteiger partial charge is 0.230 e. The highest BCUT2D eigenvalue weighted by molar-refractivity contribution is 7.84. The van der Waals surface area contributed by atoms with Crippen LogP contribution in [0.3, 0.4) is 0 Å². The number of oxazole rings is 1. The third-order valence-corrected chi connectivity index (χ3v) is 3.57. The third kappa shape index (κ3) is 1.82. The summed E-state index contributed by atoms with van der Waals surface area (Å²) in [7, 11) is -1.08. The molecule has 1 unspecified atom stereocenters. The third-order valence-electron chi connectivity index (χ3n) is 2.59. The summed E-state index contributed by atoms with van der Waals surface area (Å²) < 4.78 is 17.3. The first kappa shape index (κ1) is 11.1.